The van der Waals surface area contributed by atoms with Crippen LogP contribution in [0.2, 0.25) is 0 Å². The molecule has 0 fully saturated rings. The molecule has 0 heterocycles. The van der Waals surface area contributed by atoms with Gasteiger partial charge in [-0.2, -0.15) is 0 Å². The molecule has 2 unspecified atom stereocenters. The van der Waals surface area contributed by atoms with Crippen LogP contribution in [0.15, 0.2) is 30.3 Å². The second kappa shape index (κ2) is 10.3. The molecule has 1 N–H and O–H groups in total. The summed E-state index contributed by atoms with van der Waals surface area (Å²) >= 11 is 0. The topological polar surface area (TPSA) is 65.0 Å². The Morgan fingerprint density at radius 2 is 1.95 bits per heavy atom. The summed E-state index contributed by atoms with van der Waals surface area (Å²) in [6.45, 7) is 4.54. The number of benzene rings is 1. The Labute approximate surface area is 125 Å². The maximum absolute atomic E-state index is 12.0. The summed E-state index contributed by atoms with van der Waals surface area (Å²) in [6, 6.07) is 9.43. The Kier molecular flexibility index (Phi) is 8.66. The lowest BCUT2D eigenvalue weighted by Crippen LogP contribution is -2.33. The Bertz CT molecular complexity index is 391. The summed E-state index contributed by atoms with van der Waals surface area (Å²) < 4.78 is 15.9. The van der Waals surface area contributed by atoms with Gasteiger partial charge in [0, 0.05) is 6.61 Å². The minimum absolute atomic E-state index is 0.0700. The highest BCUT2D eigenvalue weighted by molar-refractivity contribution is 5.74. The fraction of sp³-hybridized carbons (Fsp3) is 0.562. The first-order chi connectivity index (χ1) is 10.1. The number of esters is 1. The number of ether oxygens (including phenoxy) is 3. The van der Waals surface area contributed by atoms with Crippen LogP contribution in [-0.2, 0) is 25.6 Å². The van der Waals surface area contributed by atoms with Gasteiger partial charge in [0.1, 0.15) is 6.61 Å². The van der Waals surface area contributed by atoms with E-state index in [0.717, 1.165) is 12.0 Å². The van der Waals surface area contributed by atoms with E-state index in [1.807, 2.05) is 37.3 Å². The molecule has 0 amide bonds. The molecule has 0 saturated heterocycles. The molecule has 0 aliphatic rings. The quantitative estimate of drug-likeness (QED) is 0.528. The molecule has 0 bridgehead atoms. The average Bonchev–Trinajstić information content (AvgIpc) is 2.49. The van der Waals surface area contributed by atoms with Gasteiger partial charge in [0.25, 0.3) is 0 Å². The van der Waals surface area contributed by atoms with Crippen LogP contribution in [0.1, 0.15) is 25.8 Å². The molecule has 21 heavy (non-hydrogen) atoms. The molecule has 2 atom stereocenters. The zero-order valence-electron chi connectivity index (χ0n) is 12.7. The fourth-order valence-electron chi connectivity index (χ4n) is 1.60. The summed E-state index contributed by atoms with van der Waals surface area (Å²) in [5.74, 6) is -0.476. The van der Waals surface area contributed by atoms with Crippen molar-refractivity contribution in [2.45, 2.75) is 39.1 Å². The van der Waals surface area contributed by atoms with Gasteiger partial charge in [-0.05, 0) is 18.9 Å². The van der Waals surface area contributed by atoms with E-state index in [0.29, 0.717) is 6.61 Å². The Hall–Kier alpha value is -1.43. The number of aliphatic hydroxyl groups is 1. The van der Waals surface area contributed by atoms with Gasteiger partial charge < -0.3 is 19.3 Å². The fourth-order valence-corrected chi connectivity index (χ4v) is 1.60. The van der Waals surface area contributed by atoms with Crippen LogP contribution in [0.25, 0.3) is 0 Å². The lowest BCUT2D eigenvalue weighted by atomic mass is 10.2. The van der Waals surface area contributed by atoms with Crippen LogP contribution in [0.4, 0.5) is 0 Å². The van der Waals surface area contributed by atoms with Gasteiger partial charge in [-0.3, -0.25) is 0 Å². The molecule has 5 heteroatoms. The average molecular weight is 296 g/mol. The van der Waals surface area contributed by atoms with Gasteiger partial charge in [-0.15, -0.1) is 0 Å². The summed E-state index contributed by atoms with van der Waals surface area (Å²) in [4.78, 5) is 12.0. The molecular weight excluding hydrogens is 272 g/mol. The lowest BCUT2D eigenvalue weighted by Gasteiger charge is -2.18. The van der Waals surface area contributed by atoms with E-state index in [2.05, 4.69) is 0 Å². The first-order valence-electron chi connectivity index (χ1n) is 7.21. The van der Waals surface area contributed by atoms with Crippen molar-refractivity contribution in [2.75, 3.05) is 19.8 Å². The smallest absolute Gasteiger partial charge is 0.338 e. The van der Waals surface area contributed by atoms with E-state index in [1.54, 1.807) is 6.92 Å². The molecule has 0 aliphatic carbocycles. The van der Waals surface area contributed by atoms with Crippen molar-refractivity contribution in [1.82, 2.24) is 0 Å². The van der Waals surface area contributed by atoms with Gasteiger partial charge in [-0.1, -0.05) is 37.3 Å². The third-order valence-electron chi connectivity index (χ3n) is 2.64. The van der Waals surface area contributed by atoms with E-state index in [4.69, 9.17) is 14.2 Å². The molecule has 0 radical (unpaired) electrons. The molecule has 0 spiro atoms. The van der Waals surface area contributed by atoms with Crippen molar-refractivity contribution in [3.05, 3.63) is 35.9 Å². The Morgan fingerprint density at radius 1 is 1.24 bits per heavy atom. The molecule has 5 nitrogen and oxygen atoms in total. The summed E-state index contributed by atoms with van der Waals surface area (Å²) in [5.41, 5.74) is 0.912. The van der Waals surface area contributed by atoms with Gasteiger partial charge in [0.2, 0.25) is 0 Å². The molecule has 0 aromatic heterocycles. The van der Waals surface area contributed by atoms with Gasteiger partial charge >= 0.3 is 5.97 Å². The minimum atomic E-state index is -0.810. The number of rotatable bonds is 10. The van der Waals surface area contributed by atoms with Gasteiger partial charge in [0.05, 0.1) is 19.3 Å². The van der Waals surface area contributed by atoms with E-state index in [1.165, 1.54) is 0 Å². The lowest BCUT2D eigenvalue weighted by molar-refractivity contribution is -0.164. The van der Waals surface area contributed by atoms with Crippen molar-refractivity contribution in [3.8, 4) is 0 Å². The standard InChI is InChI=1S/C16H24O5/c1-3-9-19-12-15(20-10-13(2)17)16(18)21-11-14-7-5-4-6-8-14/h4-8,13,15,17H,3,9-12H2,1-2H3. The highest BCUT2D eigenvalue weighted by atomic mass is 16.6. The van der Waals surface area contributed by atoms with Crippen LogP contribution in [0.5, 0.6) is 0 Å². The van der Waals surface area contributed by atoms with E-state index in [9.17, 15) is 9.90 Å². The van der Waals surface area contributed by atoms with Crippen LogP contribution in [0.3, 0.4) is 0 Å². The first kappa shape index (κ1) is 17.6. The van der Waals surface area contributed by atoms with Crippen LogP contribution >= 0.6 is 0 Å². The number of carbonyl (C=O) groups excluding carboxylic acids is 1. The number of hydrogen-bond acceptors (Lipinski definition) is 5. The zero-order valence-corrected chi connectivity index (χ0v) is 12.7. The third kappa shape index (κ3) is 7.80. The second-order valence-electron chi connectivity index (χ2n) is 4.84. The van der Waals surface area contributed by atoms with E-state index >= 15 is 0 Å². The van der Waals surface area contributed by atoms with E-state index in [-0.39, 0.29) is 19.8 Å². The van der Waals surface area contributed by atoms with Crippen LogP contribution in [0, 0.1) is 0 Å². The third-order valence-corrected chi connectivity index (χ3v) is 2.64. The monoisotopic (exact) mass is 296 g/mol. The Balaban J connectivity index is 2.44. The van der Waals surface area contributed by atoms with Crippen molar-refractivity contribution < 1.29 is 24.1 Å². The summed E-state index contributed by atoms with van der Waals surface area (Å²) in [5, 5.41) is 9.24. The maximum atomic E-state index is 12.0. The summed E-state index contributed by atoms with van der Waals surface area (Å²) in [7, 11) is 0. The van der Waals surface area contributed by atoms with Gasteiger partial charge in [0.15, 0.2) is 6.10 Å². The SMILES string of the molecule is CCCOCC(OCC(C)O)C(=O)OCc1ccccc1. The van der Waals surface area contributed by atoms with Crippen LogP contribution in [-0.4, -0.2) is 43.1 Å². The van der Waals surface area contributed by atoms with Crippen molar-refractivity contribution >= 4 is 5.97 Å². The molecular formula is C16H24O5. The highest BCUT2D eigenvalue weighted by Gasteiger charge is 2.22. The molecule has 1 rings (SSSR count). The molecule has 0 saturated carbocycles. The Morgan fingerprint density at radius 3 is 2.57 bits per heavy atom. The largest absolute Gasteiger partial charge is 0.459 e. The highest BCUT2D eigenvalue weighted by Crippen LogP contribution is 2.05. The van der Waals surface area contributed by atoms with Crippen molar-refractivity contribution in [1.29, 1.82) is 0 Å². The number of aliphatic hydroxyl groups excluding tert-OH is 1. The first-order valence-corrected chi connectivity index (χ1v) is 7.21. The maximum Gasteiger partial charge on any atom is 0.338 e. The second-order valence-corrected chi connectivity index (χ2v) is 4.84. The van der Waals surface area contributed by atoms with Gasteiger partial charge in [-0.25, -0.2) is 4.79 Å². The minimum Gasteiger partial charge on any atom is -0.459 e. The van der Waals surface area contributed by atoms with Crippen molar-refractivity contribution in [2.24, 2.45) is 0 Å². The molecule has 1 aromatic rings. The predicted octanol–water partition coefficient (Wildman–Crippen LogP) is 1.92. The van der Waals surface area contributed by atoms with Crippen molar-refractivity contribution in [3.63, 3.8) is 0 Å². The predicted molar refractivity (Wildman–Crippen MR) is 78.8 cm³/mol. The van der Waals surface area contributed by atoms with E-state index < -0.39 is 18.2 Å². The number of hydrogen-bond donors (Lipinski definition) is 1. The molecule has 0 aliphatic heterocycles. The van der Waals surface area contributed by atoms with Crippen LogP contribution < -0.4 is 0 Å². The molecule has 1 aromatic carbocycles. The molecule has 118 valence electrons. The normalized spacial score (nSPS) is 13.7. The summed E-state index contributed by atoms with van der Waals surface area (Å²) in [6.07, 6.45) is -0.585. The number of carbonyl (C=O) groups is 1. The zero-order chi connectivity index (χ0) is 15.5.